The number of nitrogens with one attached hydrogen (secondary N) is 1. The number of aromatic amines is 1. The molecule has 2 aromatic heterocycles. The monoisotopic (exact) mass is 334 g/mol. The van der Waals surface area contributed by atoms with Crippen LogP contribution in [0.3, 0.4) is 0 Å². The van der Waals surface area contributed by atoms with E-state index in [1.165, 1.54) is 10.6 Å². The maximum absolute atomic E-state index is 12.2. The number of phenolic OH excluding ortho intramolecular Hbond substituents is 1. The fraction of sp³-hybridized carbons (Fsp3) is 0.0588. The third-order valence-electron chi connectivity index (χ3n) is 3.85. The molecule has 25 heavy (non-hydrogen) atoms. The molecule has 0 spiro atoms. The molecule has 2 aromatic carbocycles. The van der Waals surface area contributed by atoms with Crippen molar-refractivity contribution in [2.75, 3.05) is 5.73 Å². The van der Waals surface area contributed by atoms with E-state index in [1.807, 2.05) is 30.3 Å². The molecule has 4 N–H and O–H groups in total. The summed E-state index contributed by atoms with van der Waals surface area (Å²) in [7, 11) is 0. The van der Waals surface area contributed by atoms with Crippen molar-refractivity contribution in [1.82, 2.24) is 24.8 Å². The first kappa shape index (κ1) is 14.9. The highest BCUT2D eigenvalue weighted by Gasteiger charge is 2.14. The standard InChI is InChI=1S/C17H14N6O2/c18-12-9-11(6-7-14(12)24)15-20-21-17-19-16(25)13(22-23(15)17)8-10-4-2-1-3-5-10/h1-7,9,24H,8,18H2,(H,19,21,25). The highest BCUT2D eigenvalue weighted by atomic mass is 16.3. The molecular formula is C17H14N6O2. The molecule has 0 amide bonds. The van der Waals surface area contributed by atoms with Gasteiger partial charge >= 0.3 is 0 Å². The third-order valence-corrected chi connectivity index (χ3v) is 3.85. The topological polar surface area (TPSA) is 122 Å². The van der Waals surface area contributed by atoms with Crippen LogP contribution in [0, 0.1) is 0 Å². The Kier molecular flexibility index (Phi) is 3.42. The van der Waals surface area contributed by atoms with Gasteiger partial charge in [0.25, 0.3) is 11.3 Å². The van der Waals surface area contributed by atoms with Crippen molar-refractivity contribution in [2.24, 2.45) is 0 Å². The van der Waals surface area contributed by atoms with Crippen LogP contribution < -0.4 is 11.3 Å². The van der Waals surface area contributed by atoms with Crippen LogP contribution in [0.2, 0.25) is 0 Å². The molecule has 4 rings (SSSR count). The van der Waals surface area contributed by atoms with Crippen molar-refractivity contribution in [3.8, 4) is 17.1 Å². The Bertz CT molecular complexity index is 1120. The molecular weight excluding hydrogens is 320 g/mol. The van der Waals surface area contributed by atoms with E-state index in [-0.39, 0.29) is 22.8 Å². The van der Waals surface area contributed by atoms with E-state index in [4.69, 9.17) is 5.73 Å². The van der Waals surface area contributed by atoms with E-state index in [0.717, 1.165) is 5.56 Å². The Morgan fingerprint density at radius 1 is 1.12 bits per heavy atom. The number of H-pyrrole nitrogens is 1. The summed E-state index contributed by atoms with van der Waals surface area (Å²) in [6.45, 7) is 0. The van der Waals surface area contributed by atoms with Gasteiger partial charge in [0.2, 0.25) is 0 Å². The molecule has 0 aliphatic heterocycles. The van der Waals surface area contributed by atoms with E-state index in [2.05, 4.69) is 20.3 Å². The lowest BCUT2D eigenvalue weighted by atomic mass is 10.1. The molecule has 0 bridgehead atoms. The first-order valence-corrected chi connectivity index (χ1v) is 7.59. The van der Waals surface area contributed by atoms with E-state index >= 15 is 0 Å². The largest absolute Gasteiger partial charge is 0.506 e. The summed E-state index contributed by atoms with van der Waals surface area (Å²) in [6.07, 6.45) is 0.390. The number of nitrogens with zero attached hydrogens (tertiary/aromatic N) is 4. The lowest BCUT2D eigenvalue weighted by Crippen LogP contribution is -2.19. The average Bonchev–Trinajstić information content (AvgIpc) is 3.01. The highest BCUT2D eigenvalue weighted by Crippen LogP contribution is 2.26. The zero-order chi connectivity index (χ0) is 17.4. The number of fused-ring (bicyclic) bond motifs is 1. The lowest BCUT2D eigenvalue weighted by molar-refractivity contribution is 0.478. The van der Waals surface area contributed by atoms with Crippen molar-refractivity contribution in [1.29, 1.82) is 0 Å². The van der Waals surface area contributed by atoms with Gasteiger partial charge in [0.1, 0.15) is 11.4 Å². The number of nitrogens with two attached hydrogens (primary N) is 1. The summed E-state index contributed by atoms with van der Waals surface area (Å²) in [5, 5.41) is 22.0. The predicted octanol–water partition coefficient (Wildman–Crippen LogP) is 1.36. The van der Waals surface area contributed by atoms with Crippen LogP contribution in [-0.2, 0) is 6.42 Å². The minimum absolute atomic E-state index is 0.0105. The van der Waals surface area contributed by atoms with Gasteiger partial charge in [0.15, 0.2) is 5.82 Å². The molecule has 2 heterocycles. The lowest BCUT2D eigenvalue weighted by Gasteiger charge is -2.04. The van der Waals surface area contributed by atoms with Crippen molar-refractivity contribution in [2.45, 2.75) is 6.42 Å². The van der Waals surface area contributed by atoms with Crippen LogP contribution in [0.15, 0.2) is 53.3 Å². The van der Waals surface area contributed by atoms with E-state index in [9.17, 15) is 9.90 Å². The molecule has 0 saturated carbocycles. The SMILES string of the molecule is Nc1cc(-c2nnc3[nH]c(=O)c(Cc4ccccc4)nn23)ccc1O. The zero-order valence-electron chi connectivity index (χ0n) is 13.0. The summed E-state index contributed by atoms with van der Waals surface area (Å²) < 4.78 is 1.46. The first-order chi connectivity index (χ1) is 12.1. The second-order valence-electron chi connectivity index (χ2n) is 5.60. The summed E-state index contributed by atoms with van der Waals surface area (Å²) in [4.78, 5) is 14.9. The minimum Gasteiger partial charge on any atom is -0.506 e. The van der Waals surface area contributed by atoms with Crippen molar-refractivity contribution < 1.29 is 5.11 Å². The number of anilines is 1. The number of hydrogen-bond donors (Lipinski definition) is 3. The highest BCUT2D eigenvalue weighted by molar-refractivity contribution is 5.66. The number of aromatic nitrogens is 5. The quantitative estimate of drug-likeness (QED) is 0.384. The van der Waals surface area contributed by atoms with E-state index < -0.39 is 0 Å². The number of aromatic hydroxyl groups is 1. The Balaban J connectivity index is 1.83. The Morgan fingerprint density at radius 3 is 2.68 bits per heavy atom. The minimum atomic E-state index is -0.305. The predicted molar refractivity (Wildman–Crippen MR) is 92.2 cm³/mol. The van der Waals surface area contributed by atoms with Crippen LogP contribution in [0.25, 0.3) is 17.2 Å². The van der Waals surface area contributed by atoms with Gasteiger partial charge in [-0.05, 0) is 23.8 Å². The van der Waals surface area contributed by atoms with Crippen LogP contribution in [0.4, 0.5) is 5.69 Å². The molecule has 4 aromatic rings. The second kappa shape index (κ2) is 5.75. The molecule has 0 unspecified atom stereocenters. The second-order valence-corrected chi connectivity index (χ2v) is 5.60. The average molecular weight is 334 g/mol. The van der Waals surface area contributed by atoms with Crippen LogP contribution in [0.1, 0.15) is 11.3 Å². The van der Waals surface area contributed by atoms with Gasteiger partial charge < -0.3 is 10.8 Å². The number of benzene rings is 2. The van der Waals surface area contributed by atoms with Gasteiger partial charge in [-0.15, -0.1) is 10.2 Å². The van der Waals surface area contributed by atoms with Gasteiger partial charge in [-0.1, -0.05) is 30.3 Å². The maximum atomic E-state index is 12.2. The maximum Gasteiger partial charge on any atom is 0.274 e. The van der Waals surface area contributed by atoms with E-state index in [1.54, 1.807) is 12.1 Å². The van der Waals surface area contributed by atoms with Gasteiger partial charge in [-0.3, -0.25) is 9.78 Å². The summed E-state index contributed by atoms with van der Waals surface area (Å²) >= 11 is 0. The van der Waals surface area contributed by atoms with Gasteiger partial charge in [0.05, 0.1) is 5.69 Å². The fourth-order valence-corrected chi connectivity index (χ4v) is 2.57. The molecule has 0 atom stereocenters. The van der Waals surface area contributed by atoms with Crippen LogP contribution >= 0.6 is 0 Å². The molecule has 0 aliphatic carbocycles. The van der Waals surface area contributed by atoms with Crippen LogP contribution in [-0.4, -0.2) is 29.9 Å². The smallest absolute Gasteiger partial charge is 0.274 e. The molecule has 124 valence electrons. The summed E-state index contributed by atoms with van der Waals surface area (Å²) in [5.74, 6) is 0.652. The third kappa shape index (κ3) is 2.69. The van der Waals surface area contributed by atoms with E-state index in [0.29, 0.717) is 23.5 Å². The van der Waals surface area contributed by atoms with Crippen molar-refractivity contribution >= 4 is 11.5 Å². The molecule has 0 fully saturated rings. The van der Waals surface area contributed by atoms with Crippen molar-refractivity contribution in [3.05, 3.63) is 70.1 Å². The zero-order valence-corrected chi connectivity index (χ0v) is 13.0. The van der Waals surface area contributed by atoms with Gasteiger partial charge in [0, 0.05) is 12.0 Å². The summed E-state index contributed by atoms with van der Waals surface area (Å²) in [5.41, 5.74) is 7.62. The first-order valence-electron chi connectivity index (χ1n) is 7.59. The number of nitrogen functional groups attached to an aromatic ring is 1. The van der Waals surface area contributed by atoms with Gasteiger partial charge in [-0.25, -0.2) is 0 Å². The van der Waals surface area contributed by atoms with Crippen LogP contribution in [0.5, 0.6) is 5.75 Å². The Morgan fingerprint density at radius 2 is 1.92 bits per heavy atom. The van der Waals surface area contributed by atoms with Crippen molar-refractivity contribution in [3.63, 3.8) is 0 Å². The van der Waals surface area contributed by atoms with Gasteiger partial charge in [-0.2, -0.15) is 9.61 Å². The number of hydrogen-bond acceptors (Lipinski definition) is 6. The molecule has 0 aliphatic rings. The normalized spacial score (nSPS) is 11.0. The summed E-state index contributed by atoms with van der Waals surface area (Å²) in [6, 6.07) is 14.3. The Labute approximate surface area is 141 Å². The number of rotatable bonds is 3. The molecule has 0 radical (unpaired) electrons. The number of phenols is 1. The Hall–Kier alpha value is -3.68. The molecule has 8 nitrogen and oxygen atoms in total. The molecule has 0 saturated heterocycles. The molecule has 8 heteroatoms. The fourth-order valence-electron chi connectivity index (χ4n) is 2.57.